The van der Waals surface area contributed by atoms with Gasteiger partial charge in [0.15, 0.2) is 0 Å². The lowest BCUT2D eigenvalue weighted by Gasteiger charge is -2.36. The number of aryl methyl sites for hydroxylation is 1. The first-order chi connectivity index (χ1) is 11.3. The lowest BCUT2D eigenvalue weighted by atomic mass is 10.2. The standard InChI is InChI=1S/C16H20N4O3S/c1-12-5-6-14(19-8-4-7-17-19)11-15(12)24(22,23)20-10-9-18(3)16(21)13(20)2/h4-8,11,13H,9-10H2,1-3H3. The van der Waals surface area contributed by atoms with Crippen molar-refractivity contribution in [3.8, 4) is 5.69 Å². The van der Waals surface area contributed by atoms with E-state index in [-0.39, 0.29) is 17.3 Å². The monoisotopic (exact) mass is 348 g/mol. The minimum Gasteiger partial charge on any atom is -0.343 e. The fourth-order valence-corrected chi connectivity index (χ4v) is 4.71. The molecule has 0 bridgehead atoms. The van der Waals surface area contributed by atoms with E-state index in [4.69, 9.17) is 0 Å². The molecule has 1 unspecified atom stereocenters. The molecule has 2 aromatic rings. The zero-order chi connectivity index (χ0) is 17.5. The summed E-state index contributed by atoms with van der Waals surface area (Å²) in [6, 6.07) is 6.25. The number of hydrogen-bond acceptors (Lipinski definition) is 4. The number of carbonyl (C=O) groups is 1. The quantitative estimate of drug-likeness (QED) is 0.830. The van der Waals surface area contributed by atoms with E-state index in [1.54, 1.807) is 61.1 Å². The zero-order valence-corrected chi connectivity index (χ0v) is 14.7. The van der Waals surface area contributed by atoms with Crippen LogP contribution in [0.15, 0.2) is 41.6 Å². The Kier molecular flexibility index (Phi) is 4.18. The average Bonchev–Trinajstić information content (AvgIpc) is 3.07. The van der Waals surface area contributed by atoms with Gasteiger partial charge in [-0.25, -0.2) is 13.1 Å². The highest BCUT2D eigenvalue weighted by atomic mass is 32.2. The third kappa shape index (κ3) is 2.71. The van der Waals surface area contributed by atoms with Gasteiger partial charge in [0, 0.05) is 32.5 Å². The first-order valence-corrected chi connectivity index (χ1v) is 9.14. The van der Waals surface area contributed by atoms with E-state index in [1.807, 2.05) is 6.07 Å². The SMILES string of the molecule is Cc1ccc(-n2cccn2)cc1S(=O)(=O)N1CCN(C)C(=O)C1C. The Morgan fingerprint density at radius 3 is 2.67 bits per heavy atom. The lowest BCUT2D eigenvalue weighted by Crippen LogP contribution is -2.56. The van der Waals surface area contributed by atoms with Crippen LogP contribution in [0.25, 0.3) is 5.69 Å². The van der Waals surface area contributed by atoms with Gasteiger partial charge in [-0.3, -0.25) is 4.79 Å². The van der Waals surface area contributed by atoms with Gasteiger partial charge < -0.3 is 4.90 Å². The average molecular weight is 348 g/mol. The molecule has 0 radical (unpaired) electrons. The molecule has 24 heavy (non-hydrogen) atoms. The smallest absolute Gasteiger partial charge is 0.244 e. The molecule has 0 aliphatic carbocycles. The number of piperazine rings is 1. The number of amides is 1. The number of likely N-dealkylation sites (N-methyl/N-ethyl adjacent to an activating group) is 1. The third-order valence-corrected chi connectivity index (χ3v) is 6.46. The molecule has 1 aromatic carbocycles. The number of rotatable bonds is 3. The second-order valence-electron chi connectivity index (χ2n) is 5.95. The summed E-state index contributed by atoms with van der Waals surface area (Å²) in [5.41, 5.74) is 1.31. The fraction of sp³-hybridized carbons (Fsp3) is 0.375. The molecule has 1 atom stereocenters. The largest absolute Gasteiger partial charge is 0.343 e. The van der Waals surface area contributed by atoms with Crippen molar-refractivity contribution in [2.75, 3.05) is 20.1 Å². The van der Waals surface area contributed by atoms with E-state index >= 15 is 0 Å². The van der Waals surface area contributed by atoms with Crippen LogP contribution in [0.2, 0.25) is 0 Å². The summed E-state index contributed by atoms with van der Waals surface area (Å²) in [5.74, 6) is -0.189. The van der Waals surface area contributed by atoms with Crippen molar-refractivity contribution < 1.29 is 13.2 Å². The molecule has 128 valence electrons. The van der Waals surface area contributed by atoms with Gasteiger partial charge in [0.25, 0.3) is 0 Å². The zero-order valence-electron chi connectivity index (χ0n) is 13.9. The van der Waals surface area contributed by atoms with Crippen molar-refractivity contribution in [1.29, 1.82) is 0 Å². The van der Waals surface area contributed by atoms with Crippen LogP contribution in [-0.2, 0) is 14.8 Å². The minimum absolute atomic E-state index is 0.189. The summed E-state index contributed by atoms with van der Waals surface area (Å²) < 4.78 is 29.1. The van der Waals surface area contributed by atoms with Crippen molar-refractivity contribution in [3.63, 3.8) is 0 Å². The van der Waals surface area contributed by atoms with Crippen LogP contribution in [0.3, 0.4) is 0 Å². The predicted molar refractivity (Wildman–Crippen MR) is 89.3 cm³/mol. The molecule has 1 aromatic heterocycles. The summed E-state index contributed by atoms with van der Waals surface area (Å²) in [4.78, 5) is 13.9. The van der Waals surface area contributed by atoms with E-state index in [0.29, 0.717) is 17.8 Å². The molecular weight excluding hydrogens is 328 g/mol. The summed E-state index contributed by atoms with van der Waals surface area (Å²) in [6.45, 7) is 4.06. The van der Waals surface area contributed by atoms with Crippen LogP contribution >= 0.6 is 0 Å². The highest BCUT2D eigenvalue weighted by molar-refractivity contribution is 7.89. The number of nitrogens with zero attached hydrogens (tertiary/aromatic N) is 4. The molecule has 8 heteroatoms. The normalized spacial score (nSPS) is 19.7. The van der Waals surface area contributed by atoms with E-state index in [0.717, 1.165) is 0 Å². The molecule has 1 fully saturated rings. The fourth-order valence-electron chi connectivity index (χ4n) is 2.88. The molecule has 3 rings (SSSR count). The second kappa shape index (κ2) is 6.03. The Hall–Kier alpha value is -2.19. The number of sulfonamides is 1. The molecule has 0 saturated carbocycles. The van der Waals surface area contributed by atoms with E-state index in [1.165, 1.54) is 4.31 Å². The summed E-state index contributed by atoms with van der Waals surface area (Å²) in [6.07, 6.45) is 3.39. The van der Waals surface area contributed by atoms with Crippen LogP contribution in [0.4, 0.5) is 0 Å². The van der Waals surface area contributed by atoms with Crippen LogP contribution in [0.5, 0.6) is 0 Å². The van der Waals surface area contributed by atoms with Crippen LogP contribution in [0.1, 0.15) is 12.5 Å². The Morgan fingerprint density at radius 1 is 1.25 bits per heavy atom. The molecule has 1 aliphatic rings. The molecule has 7 nitrogen and oxygen atoms in total. The van der Waals surface area contributed by atoms with Gasteiger partial charge in [0.1, 0.15) is 6.04 Å². The van der Waals surface area contributed by atoms with Crippen molar-refractivity contribution in [3.05, 3.63) is 42.2 Å². The summed E-state index contributed by atoms with van der Waals surface area (Å²) in [5, 5.41) is 4.14. The van der Waals surface area contributed by atoms with E-state index < -0.39 is 16.1 Å². The topological polar surface area (TPSA) is 75.5 Å². The first-order valence-electron chi connectivity index (χ1n) is 7.70. The number of carbonyl (C=O) groups excluding carboxylic acids is 1. The highest BCUT2D eigenvalue weighted by Gasteiger charge is 2.38. The molecule has 1 aliphatic heterocycles. The first kappa shape index (κ1) is 16.7. The maximum Gasteiger partial charge on any atom is 0.244 e. The van der Waals surface area contributed by atoms with E-state index in [2.05, 4.69) is 5.10 Å². The Labute approximate surface area is 141 Å². The molecule has 0 N–H and O–H groups in total. The molecular formula is C16H20N4O3S. The number of benzene rings is 1. The highest BCUT2D eigenvalue weighted by Crippen LogP contribution is 2.26. The number of aromatic nitrogens is 2. The van der Waals surface area contributed by atoms with Crippen molar-refractivity contribution in [1.82, 2.24) is 19.0 Å². The Morgan fingerprint density at radius 2 is 2.00 bits per heavy atom. The summed E-state index contributed by atoms with van der Waals surface area (Å²) in [7, 11) is -2.08. The van der Waals surface area contributed by atoms with Gasteiger partial charge in [-0.15, -0.1) is 0 Å². The van der Waals surface area contributed by atoms with Crippen molar-refractivity contribution in [2.45, 2.75) is 24.8 Å². The van der Waals surface area contributed by atoms with Crippen LogP contribution < -0.4 is 0 Å². The van der Waals surface area contributed by atoms with Gasteiger partial charge in [0.05, 0.1) is 10.6 Å². The van der Waals surface area contributed by atoms with Gasteiger partial charge in [0.2, 0.25) is 15.9 Å². The Bertz CT molecular complexity index is 861. The minimum atomic E-state index is -3.77. The lowest BCUT2D eigenvalue weighted by molar-refractivity contribution is -0.136. The number of hydrogen-bond donors (Lipinski definition) is 0. The van der Waals surface area contributed by atoms with Crippen LogP contribution in [-0.4, -0.2) is 59.5 Å². The Balaban J connectivity index is 2.04. The van der Waals surface area contributed by atoms with E-state index in [9.17, 15) is 13.2 Å². The predicted octanol–water partition coefficient (Wildman–Crippen LogP) is 1.03. The van der Waals surface area contributed by atoms with Crippen molar-refractivity contribution in [2.24, 2.45) is 0 Å². The molecule has 2 heterocycles. The van der Waals surface area contributed by atoms with Crippen LogP contribution in [0, 0.1) is 6.92 Å². The third-order valence-electron chi connectivity index (χ3n) is 4.35. The van der Waals surface area contributed by atoms with Gasteiger partial charge in [-0.05, 0) is 37.6 Å². The van der Waals surface area contributed by atoms with Gasteiger partial charge in [-0.2, -0.15) is 9.40 Å². The van der Waals surface area contributed by atoms with Gasteiger partial charge >= 0.3 is 0 Å². The molecule has 1 amide bonds. The maximum absolute atomic E-state index is 13.1. The maximum atomic E-state index is 13.1. The summed E-state index contributed by atoms with van der Waals surface area (Å²) >= 11 is 0. The molecule has 1 saturated heterocycles. The van der Waals surface area contributed by atoms with Gasteiger partial charge in [-0.1, -0.05) is 6.07 Å². The van der Waals surface area contributed by atoms with Crippen molar-refractivity contribution >= 4 is 15.9 Å². The molecule has 0 spiro atoms. The second-order valence-corrected chi connectivity index (χ2v) is 7.81.